The second-order valence-electron chi connectivity index (χ2n) is 9.16. The highest BCUT2D eigenvalue weighted by atomic mass is 16.1. The van der Waals surface area contributed by atoms with E-state index in [9.17, 15) is 4.79 Å². The number of anilines is 1. The quantitative estimate of drug-likeness (QED) is 0.343. The standard InChI is InChI=1S/C30H24N8O/c1-19(34-30(39)26-28(31)36-38-15-7-14-32-29(26)38)27-24(21-8-4-3-5-9-21)16-23-22(10-6-11-25(23)35-27)13-12-20-17-33-37(2)18-20/h3-11,14-19H,1-2H3,(H2,31,36)(H,34,39)/t19-/m0/s1. The first-order valence-corrected chi connectivity index (χ1v) is 12.4. The summed E-state index contributed by atoms with van der Waals surface area (Å²) in [5.74, 6) is 6.21. The van der Waals surface area contributed by atoms with Crippen molar-refractivity contribution >= 4 is 28.3 Å². The predicted molar refractivity (Wildman–Crippen MR) is 150 cm³/mol. The van der Waals surface area contributed by atoms with Crippen LogP contribution < -0.4 is 11.1 Å². The molecule has 0 spiro atoms. The number of aromatic nitrogens is 6. The third-order valence-corrected chi connectivity index (χ3v) is 6.43. The van der Waals surface area contributed by atoms with Gasteiger partial charge in [0.1, 0.15) is 5.56 Å². The molecule has 0 aliphatic carbocycles. The lowest BCUT2D eigenvalue weighted by Crippen LogP contribution is -2.28. The second-order valence-corrected chi connectivity index (χ2v) is 9.16. The molecule has 190 valence electrons. The molecule has 0 fully saturated rings. The summed E-state index contributed by atoms with van der Waals surface area (Å²) in [4.78, 5) is 22.7. The molecule has 1 amide bonds. The lowest BCUT2D eigenvalue weighted by molar-refractivity contribution is 0.0941. The van der Waals surface area contributed by atoms with Crippen LogP contribution in [0.2, 0.25) is 0 Å². The molecule has 0 bridgehead atoms. The Bertz CT molecular complexity index is 1910. The highest BCUT2D eigenvalue weighted by Crippen LogP contribution is 2.32. The van der Waals surface area contributed by atoms with Gasteiger partial charge in [0.2, 0.25) is 0 Å². The molecule has 4 heterocycles. The first kappa shape index (κ1) is 23.9. The number of nitrogens with zero attached hydrogens (tertiary/aromatic N) is 6. The minimum Gasteiger partial charge on any atom is -0.381 e. The van der Waals surface area contributed by atoms with E-state index in [1.54, 1.807) is 29.3 Å². The van der Waals surface area contributed by atoms with Crippen molar-refractivity contribution in [1.82, 2.24) is 34.7 Å². The van der Waals surface area contributed by atoms with E-state index in [-0.39, 0.29) is 17.3 Å². The molecule has 0 radical (unpaired) electrons. The summed E-state index contributed by atoms with van der Waals surface area (Å²) in [6.45, 7) is 1.90. The number of amides is 1. The van der Waals surface area contributed by atoms with Gasteiger partial charge in [0.15, 0.2) is 11.5 Å². The fourth-order valence-electron chi connectivity index (χ4n) is 4.58. The zero-order chi connectivity index (χ0) is 26.9. The van der Waals surface area contributed by atoms with E-state index in [1.165, 1.54) is 4.52 Å². The summed E-state index contributed by atoms with van der Waals surface area (Å²) in [5, 5.41) is 12.4. The average Bonchev–Trinajstić information content (AvgIpc) is 3.52. The molecule has 3 N–H and O–H groups in total. The zero-order valence-electron chi connectivity index (χ0n) is 21.3. The lowest BCUT2D eigenvalue weighted by atomic mass is 9.96. The van der Waals surface area contributed by atoms with Crippen LogP contribution in [0.4, 0.5) is 5.82 Å². The number of hydrogen-bond acceptors (Lipinski definition) is 6. The van der Waals surface area contributed by atoms with Gasteiger partial charge in [-0.2, -0.15) is 5.10 Å². The highest BCUT2D eigenvalue weighted by Gasteiger charge is 2.23. The lowest BCUT2D eigenvalue weighted by Gasteiger charge is -2.19. The van der Waals surface area contributed by atoms with Crippen LogP contribution in [0.25, 0.3) is 27.7 Å². The number of nitrogens with one attached hydrogen (secondary N) is 1. The minimum atomic E-state index is -0.444. The molecule has 0 unspecified atom stereocenters. The average molecular weight is 513 g/mol. The van der Waals surface area contributed by atoms with E-state index >= 15 is 0 Å². The van der Waals surface area contributed by atoms with Crippen molar-refractivity contribution in [3.8, 4) is 23.0 Å². The number of pyridine rings is 1. The molecule has 9 nitrogen and oxygen atoms in total. The highest BCUT2D eigenvalue weighted by molar-refractivity contribution is 6.04. The number of hydrogen-bond donors (Lipinski definition) is 2. The van der Waals surface area contributed by atoms with Crippen molar-refractivity contribution in [1.29, 1.82) is 0 Å². The third-order valence-electron chi connectivity index (χ3n) is 6.43. The Kier molecular flexibility index (Phi) is 5.98. The zero-order valence-corrected chi connectivity index (χ0v) is 21.3. The maximum Gasteiger partial charge on any atom is 0.259 e. The fraction of sp³-hybridized carbons (Fsp3) is 0.100. The fourth-order valence-corrected chi connectivity index (χ4v) is 4.58. The van der Waals surface area contributed by atoms with Gasteiger partial charge in [-0.25, -0.2) is 14.5 Å². The summed E-state index contributed by atoms with van der Waals surface area (Å²) < 4.78 is 3.22. The smallest absolute Gasteiger partial charge is 0.259 e. The van der Waals surface area contributed by atoms with Crippen molar-refractivity contribution < 1.29 is 4.79 Å². The molecule has 0 saturated carbocycles. The van der Waals surface area contributed by atoms with Gasteiger partial charge < -0.3 is 11.1 Å². The number of nitrogens with two attached hydrogens (primary N) is 1. The van der Waals surface area contributed by atoms with Crippen LogP contribution in [0, 0.1) is 11.8 Å². The first-order chi connectivity index (χ1) is 19.0. The van der Waals surface area contributed by atoms with Gasteiger partial charge in [0.25, 0.3) is 5.91 Å². The van der Waals surface area contributed by atoms with E-state index in [0.29, 0.717) is 5.65 Å². The molecule has 6 aromatic rings. The van der Waals surface area contributed by atoms with Crippen molar-refractivity contribution in [3.63, 3.8) is 0 Å². The Labute approximate surface area is 224 Å². The van der Waals surface area contributed by atoms with Crippen molar-refractivity contribution in [3.05, 3.63) is 108 Å². The van der Waals surface area contributed by atoms with E-state index in [2.05, 4.69) is 38.4 Å². The molecule has 0 saturated heterocycles. The number of fused-ring (bicyclic) bond motifs is 2. The van der Waals surface area contributed by atoms with Gasteiger partial charge in [0.05, 0.1) is 29.0 Å². The molecule has 9 heteroatoms. The number of benzene rings is 2. The third kappa shape index (κ3) is 4.55. The number of carbonyl (C=O) groups excluding carboxylic acids is 1. The number of carbonyl (C=O) groups is 1. The predicted octanol–water partition coefficient (Wildman–Crippen LogP) is 4.15. The van der Waals surface area contributed by atoms with Crippen LogP contribution in [0.15, 0.2) is 85.5 Å². The molecule has 6 rings (SSSR count). The normalized spacial score (nSPS) is 11.7. The molecule has 39 heavy (non-hydrogen) atoms. The van der Waals surface area contributed by atoms with Crippen molar-refractivity contribution in [2.24, 2.45) is 7.05 Å². The summed E-state index contributed by atoms with van der Waals surface area (Å²) in [6.07, 6.45) is 6.91. The van der Waals surface area contributed by atoms with Gasteiger partial charge >= 0.3 is 0 Å². The van der Waals surface area contributed by atoms with Crippen LogP contribution in [-0.2, 0) is 7.05 Å². The first-order valence-electron chi connectivity index (χ1n) is 12.4. The molecular formula is C30H24N8O. The summed E-state index contributed by atoms with van der Waals surface area (Å²) >= 11 is 0. The maximum atomic E-state index is 13.4. The van der Waals surface area contributed by atoms with E-state index < -0.39 is 6.04 Å². The monoisotopic (exact) mass is 512 g/mol. The SMILES string of the molecule is C[C@H](NC(=O)c1c(N)nn2cccnc12)c1nc2cccc(C#Cc3cnn(C)c3)c2cc1-c1ccccc1. The second kappa shape index (κ2) is 9.76. The summed E-state index contributed by atoms with van der Waals surface area (Å²) in [7, 11) is 1.86. The Balaban J connectivity index is 1.43. The molecule has 0 aliphatic rings. The van der Waals surface area contributed by atoms with Crippen LogP contribution in [0.5, 0.6) is 0 Å². The van der Waals surface area contributed by atoms with Gasteiger partial charge in [-0.05, 0) is 36.8 Å². The van der Waals surface area contributed by atoms with Gasteiger partial charge in [0, 0.05) is 42.2 Å². The Morgan fingerprint density at radius 1 is 1.08 bits per heavy atom. The molecule has 1 atom stereocenters. The number of rotatable bonds is 4. The largest absolute Gasteiger partial charge is 0.381 e. The van der Waals surface area contributed by atoms with Gasteiger partial charge in [-0.1, -0.05) is 48.2 Å². The molecule has 0 aliphatic heterocycles. The van der Waals surface area contributed by atoms with Gasteiger partial charge in [-0.3, -0.25) is 9.48 Å². The topological polar surface area (TPSA) is 116 Å². The van der Waals surface area contributed by atoms with E-state index in [4.69, 9.17) is 10.7 Å². The van der Waals surface area contributed by atoms with Crippen LogP contribution in [0.3, 0.4) is 0 Å². The minimum absolute atomic E-state index is 0.116. The van der Waals surface area contributed by atoms with Crippen molar-refractivity contribution in [2.75, 3.05) is 5.73 Å². The Morgan fingerprint density at radius 2 is 1.92 bits per heavy atom. The number of nitrogen functional groups attached to an aromatic ring is 1. The summed E-state index contributed by atoms with van der Waals surface area (Å²) in [6, 6.07) is 19.2. The van der Waals surface area contributed by atoms with Crippen LogP contribution in [0.1, 0.15) is 40.1 Å². The summed E-state index contributed by atoms with van der Waals surface area (Å²) in [5.41, 5.74) is 11.8. The number of aryl methyl sites for hydroxylation is 1. The van der Waals surface area contributed by atoms with E-state index in [1.807, 2.05) is 68.7 Å². The van der Waals surface area contributed by atoms with Crippen LogP contribution >= 0.6 is 0 Å². The molecule has 2 aromatic carbocycles. The van der Waals surface area contributed by atoms with Crippen molar-refractivity contribution in [2.45, 2.75) is 13.0 Å². The molecule has 4 aromatic heterocycles. The van der Waals surface area contributed by atoms with E-state index in [0.717, 1.165) is 38.9 Å². The van der Waals surface area contributed by atoms with Crippen LogP contribution in [-0.4, -0.2) is 35.3 Å². The maximum absolute atomic E-state index is 13.4. The van der Waals surface area contributed by atoms with Gasteiger partial charge in [-0.15, -0.1) is 5.10 Å². The Hall–Kier alpha value is -5.49. The Morgan fingerprint density at radius 3 is 2.72 bits per heavy atom. The molecular weight excluding hydrogens is 488 g/mol.